The standard InChI is InChI=1S/C26H29N9/c1-18-30-31-26-24(27-2)28-22(17-34(18)26)25-29-21-10-9-20(33-13-11-32(3)12-14-33)15-23(21)35(25)16-19-7-5-4-6-8-19/h4-10,15,17H,11-14,16H2,1-3H3,(H,27,28)/p+1. The van der Waals surface area contributed by atoms with Crippen LogP contribution in [0, 0.1) is 6.92 Å². The number of rotatable bonds is 5. The van der Waals surface area contributed by atoms with Crippen LogP contribution in [0.1, 0.15) is 11.4 Å². The van der Waals surface area contributed by atoms with Crippen LogP contribution in [0.2, 0.25) is 0 Å². The quantitative estimate of drug-likeness (QED) is 0.386. The van der Waals surface area contributed by atoms with Crippen molar-refractivity contribution in [3.8, 4) is 11.5 Å². The van der Waals surface area contributed by atoms with Crippen molar-refractivity contribution in [3.63, 3.8) is 0 Å². The SMILES string of the molecule is CNc1nc(-c2nc3ccc(N4CCN(C)CC4)cc3n2Cc2ccccc2)c[n+]2c(C)[nH]nc12. The lowest BCUT2D eigenvalue weighted by atomic mass is 10.2. The first-order chi connectivity index (χ1) is 17.1. The molecule has 0 aliphatic carbocycles. The van der Waals surface area contributed by atoms with Crippen LogP contribution in [-0.2, 0) is 6.54 Å². The summed E-state index contributed by atoms with van der Waals surface area (Å²) in [5.74, 6) is 2.48. The Hall–Kier alpha value is -3.98. The van der Waals surface area contributed by atoms with Gasteiger partial charge in [0.25, 0.3) is 0 Å². The fourth-order valence-corrected chi connectivity index (χ4v) is 4.82. The van der Waals surface area contributed by atoms with E-state index in [1.807, 2.05) is 24.6 Å². The van der Waals surface area contributed by atoms with Gasteiger partial charge in [-0.1, -0.05) is 30.3 Å². The Morgan fingerprint density at radius 2 is 1.83 bits per heavy atom. The zero-order valence-corrected chi connectivity index (χ0v) is 20.4. The van der Waals surface area contributed by atoms with Crippen molar-refractivity contribution in [1.29, 1.82) is 0 Å². The second kappa shape index (κ2) is 8.66. The van der Waals surface area contributed by atoms with Crippen LogP contribution < -0.4 is 14.6 Å². The monoisotopic (exact) mass is 468 g/mol. The first kappa shape index (κ1) is 21.5. The van der Waals surface area contributed by atoms with Crippen LogP contribution in [0.4, 0.5) is 11.5 Å². The molecule has 0 radical (unpaired) electrons. The van der Waals surface area contributed by atoms with E-state index >= 15 is 0 Å². The van der Waals surface area contributed by atoms with Gasteiger partial charge in [0.15, 0.2) is 5.82 Å². The predicted octanol–water partition coefficient (Wildman–Crippen LogP) is 2.71. The molecule has 4 heterocycles. The molecule has 178 valence electrons. The zero-order valence-electron chi connectivity index (χ0n) is 20.4. The van der Waals surface area contributed by atoms with E-state index in [0.29, 0.717) is 12.4 Å². The van der Waals surface area contributed by atoms with Crippen molar-refractivity contribution in [2.45, 2.75) is 13.5 Å². The number of anilines is 2. The van der Waals surface area contributed by atoms with Gasteiger partial charge in [0.2, 0.25) is 11.6 Å². The highest BCUT2D eigenvalue weighted by Crippen LogP contribution is 2.29. The van der Waals surface area contributed by atoms with E-state index in [-0.39, 0.29) is 0 Å². The first-order valence-corrected chi connectivity index (χ1v) is 12.0. The maximum absolute atomic E-state index is 5.08. The lowest BCUT2D eigenvalue weighted by molar-refractivity contribution is -0.519. The number of hydrogen-bond acceptors (Lipinski definition) is 6. The lowest BCUT2D eigenvalue weighted by Crippen LogP contribution is -2.44. The van der Waals surface area contributed by atoms with Crippen molar-refractivity contribution in [1.82, 2.24) is 29.6 Å². The van der Waals surface area contributed by atoms with E-state index < -0.39 is 0 Å². The molecule has 9 heteroatoms. The van der Waals surface area contributed by atoms with Gasteiger partial charge < -0.3 is 19.7 Å². The minimum Gasteiger partial charge on any atom is -0.369 e. The number of imidazole rings is 1. The molecular weight excluding hydrogens is 438 g/mol. The van der Waals surface area contributed by atoms with Gasteiger partial charge in [-0.15, -0.1) is 5.10 Å². The van der Waals surface area contributed by atoms with E-state index in [0.717, 1.165) is 60.2 Å². The molecule has 0 bridgehead atoms. The molecule has 2 aromatic carbocycles. The summed E-state index contributed by atoms with van der Waals surface area (Å²) in [6.07, 6.45) is 2.01. The summed E-state index contributed by atoms with van der Waals surface area (Å²) in [4.78, 5) is 14.8. The van der Waals surface area contributed by atoms with Gasteiger partial charge in [-0.25, -0.2) is 9.97 Å². The smallest absolute Gasteiger partial charge is 0.348 e. The Morgan fingerprint density at radius 1 is 1.03 bits per heavy atom. The van der Waals surface area contributed by atoms with E-state index in [1.165, 1.54) is 11.3 Å². The minimum atomic E-state index is 0.711. The van der Waals surface area contributed by atoms with E-state index in [9.17, 15) is 0 Å². The number of H-pyrrole nitrogens is 1. The molecule has 1 saturated heterocycles. The maximum Gasteiger partial charge on any atom is 0.348 e. The zero-order chi connectivity index (χ0) is 23.9. The Labute approximate surface area is 204 Å². The largest absolute Gasteiger partial charge is 0.369 e. The van der Waals surface area contributed by atoms with Crippen LogP contribution in [0.3, 0.4) is 0 Å². The molecule has 1 fully saturated rings. The van der Waals surface area contributed by atoms with Gasteiger partial charge >= 0.3 is 5.65 Å². The number of nitrogens with zero attached hydrogens (tertiary/aromatic N) is 7. The van der Waals surface area contributed by atoms with E-state index in [4.69, 9.17) is 9.97 Å². The van der Waals surface area contributed by atoms with Crippen molar-refractivity contribution < 1.29 is 4.40 Å². The topological polar surface area (TPSA) is 82.0 Å². The van der Waals surface area contributed by atoms with Gasteiger partial charge in [0.05, 0.1) is 11.0 Å². The molecule has 9 nitrogen and oxygen atoms in total. The number of aryl methyl sites for hydroxylation is 1. The summed E-state index contributed by atoms with van der Waals surface area (Å²) in [6.45, 7) is 6.92. The Balaban J connectivity index is 1.52. The minimum absolute atomic E-state index is 0.711. The molecule has 35 heavy (non-hydrogen) atoms. The van der Waals surface area contributed by atoms with E-state index in [1.54, 1.807) is 0 Å². The molecular formula is C26H30N9+. The molecule has 0 unspecified atom stereocenters. The molecule has 1 aliphatic rings. The summed E-state index contributed by atoms with van der Waals surface area (Å²) in [5.41, 5.74) is 6.10. The average molecular weight is 469 g/mol. The summed E-state index contributed by atoms with van der Waals surface area (Å²) in [7, 11) is 4.05. The van der Waals surface area contributed by atoms with Gasteiger partial charge in [-0.05, 0) is 30.8 Å². The average Bonchev–Trinajstić information content (AvgIpc) is 3.44. The Bertz CT molecular complexity index is 1490. The van der Waals surface area contributed by atoms with Crippen molar-refractivity contribution in [2.24, 2.45) is 0 Å². The third-order valence-corrected chi connectivity index (χ3v) is 6.86. The van der Waals surface area contributed by atoms with Crippen LogP contribution in [0.15, 0.2) is 54.7 Å². The maximum atomic E-state index is 5.08. The fourth-order valence-electron chi connectivity index (χ4n) is 4.82. The number of benzene rings is 2. The molecule has 2 N–H and O–H groups in total. The second-order valence-corrected chi connectivity index (χ2v) is 9.20. The molecule has 1 aliphatic heterocycles. The molecule has 0 spiro atoms. The van der Waals surface area contributed by atoms with Crippen molar-refractivity contribution in [3.05, 3.63) is 66.1 Å². The third-order valence-electron chi connectivity index (χ3n) is 6.86. The van der Waals surface area contributed by atoms with Crippen LogP contribution >= 0.6 is 0 Å². The number of piperazine rings is 1. The normalized spacial score (nSPS) is 14.8. The molecule has 0 saturated carbocycles. The number of hydrogen-bond donors (Lipinski definition) is 2. The number of fused-ring (bicyclic) bond motifs is 2. The number of nitrogens with one attached hydrogen (secondary N) is 2. The fraction of sp³-hybridized carbons (Fsp3) is 0.308. The molecule has 0 amide bonds. The van der Waals surface area contributed by atoms with Gasteiger partial charge in [-0.2, -0.15) is 4.40 Å². The number of aromatic amines is 1. The van der Waals surface area contributed by atoms with Gasteiger partial charge in [-0.3, -0.25) is 0 Å². The first-order valence-electron chi connectivity index (χ1n) is 12.0. The molecule has 6 rings (SSSR count). The van der Waals surface area contributed by atoms with Crippen LogP contribution in [-0.4, -0.2) is 69.9 Å². The van der Waals surface area contributed by atoms with Gasteiger partial charge in [0.1, 0.15) is 11.9 Å². The van der Waals surface area contributed by atoms with E-state index in [2.05, 4.69) is 85.5 Å². The third kappa shape index (κ3) is 3.87. The van der Waals surface area contributed by atoms with Crippen molar-refractivity contribution >= 4 is 28.2 Å². The van der Waals surface area contributed by atoms with Gasteiger partial charge in [0, 0.05) is 57.5 Å². The highest BCUT2D eigenvalue weighted by atomic mass is 15.3. The van der Waals surface area contributed by atoms with Crippen LogP contribution in [0.5, 0.6) is 0 Å². The summed E-state index contributed by atoms with van der Waals surface area (Å²) < 4.78 is 4.31. The summed E-state index contributed by atoms with van der Waals surface area (Å²) >= 11 is 0. The number of aromatic nitrogens is 6. The predicted molar refractivity (Wildman–Crippen MR) is 138 cm³/mol. The van der Waals surface area contributed by atoms with Crippen molar-refractivity contribution in [2.75, 3.05) is 50.5 Å². The second-order valence-electron chi connectivity index (χ2n) is 9.20. The highest BCUT2D eigenvalue weighted by Gasteiger charge is 2.22. The Kier molecular flexibility index (Phi) is 5.33. The molecule has 5 aromatic rings. The summed E-state index contributed by atoms with van der Waals surface area (Å²) in [6, 6.07) is 17.2. The van der Waals surface area contributed by atoms with Crippen LogP contribution in [0.25, 0.3) is 28.2 Å². The lowest BCUT2D eigenvalue weighted by Gasteiger charge is -2.34. The highest BCUT2D eigenvalue weighted by molar-refractivity contribution is 5.84. The Morgan fingerprint density at radius 3 is 2.60 bits per heavy atom. The molecule has 3 aromatic heterocycles. The summed E-state index contributed by atoms with van der Waals surface area (Å²) in [5, 5.41) is 10.6. The molecule has 0 atom stereocenters. The number of likely N-dealkylation sites (N-methyl/N-ethyl adjacent to an activating group) is 1.